The van der Waals surface area contributed by atoms with E-state index in [4.69, 9.17) is 5.11 Å². The number of likely N-dealkylation sites (tertiary alicyclic amines) is 1. The fourth-order valence-corrected chi connectivity index (χ4v) is 3.03. The molecular formula is C14H24N2O3. The lowest BCUT2D eigenvalue weighted by Gasteiger charge is -2.20. The number of urea groups is 1. The molecule has 2 amide bonds. The van der Waals surface area contributed by atoms with E-state index >= 15 is 0 Å². The Balaban J connectivity index is 1.71. The van der Waals surface area contributed by atoms with E-state index in [1.807, 2.05) is 0 Å². The van der Waals surface area contributed by atoms with Gasteiger partial charge in [-0.05, 0) is 37.0 Å². The Hall–Kier alpha value is -1.26. The number of carbonyl (C=O) groups excluding carboxylic acids is 1. The topological polar surface area (TPSA) is 69.6 Å². The Morgan fingerprint density at radius 2 is 2.16 bits per heavy atom. The molecule has 0 bridgehead atoms. The van der Waals surface area contributed by atoms with Gasteiger partial charge in [-0.3, -0.25) is 4.79 Å². The number of amides is 2. The molecule has 1 saturated heterocycles. The van der Waals surface area contributed by atoms with Crippen molar-refractivity contribution in [3.63, 3.8) is 0 Å². The zero-order chi connectivity index (χ0) is 13.9. The molecule has 1 heterocycles. The third-order valence-corrected chi connectivity index (χ3v) is 4.39. The number of rotatable bonds is 6. The van der Waals surface area contributed by atoms with Gasteiger partial charge in [0.2, 0.25) is 0 Å². The number of aliphatic carboxylic acids is 1. The van der Waals surface area contributed by atoms with Gasteiger partial charge >= 0.3 is 12.0 Å². The second-order valence-electron chi connectivity index (χ2n) is 6.11. The molecule has 2 aliphatic rings. The van der Waals surface area contributed by atoms with E-state index in [1.54, 1.807) is 4.90 Å². The average molecular weight is 268 g/mol. The van der Waals surface area contributed by atoms with Crippen LogP contribution < -0.4 is 5.32 Å². The number of carboxylic acids is 1. The number of hydrogen-bond acceptors (Lipinski definition) is 2. The largest absolute Gasteiger partial charge is 0.481 e. The number of carbonyl (C=O) groups is 2. The van der Waals surface area contributed by atoms with E-state index in [0.29, 0.717) is 18.5 Å². The van der Waals surface area contributed by atoms with Crippen molar-refractivity contribution in [2.24, 2.45) is 11.3 Å². The van der Waals surface area contributed by atoms with Crippen LogP contribution in [0.2, 0.25) is 0 Å². The van der Waals surface area contributed by atoms with Crippen molar-refractivity contribution in [1.82, 2.24) is 10.2 Å². The van der Waals surface area contributed by atoms with Crippen LogP contribution in [-0.2, 0) is 4.79 Å². The molecule has 2 fully saturated rings. The zero-order valence-electron chi connectivity index (χ0n) is 11.7. The van der Waals surface area contributed by atoms with E-state index < -0.39 is 5.97 Å². The van der Waals surface area contributed by atoms with Crippen LogP contribution in [-0.4, -0.2) is 41.6 Å². The highest BCUT2D eigenvalue weighted by Crippen LogP contribution is 2.48. The first-order chi connectivity index (χ1) is 9.04. The van der Waals surface area contributed by atoms with Gasteiger partial charge in [0.15, 0.2) is 0 Å². The maximum absolute atomic E-state index is 12.0. The molecular weight excluding hydrogens is 244 g/mol. The molecule has 0 radical (unpaired) electrons. The standard InChI is InChI=1S/C14H24N2O3/c1-2-4-14(5-6-14)10-15-13(19)16-7-3-11(9-16)8-12(17)18/h11H,2-10H2,1H3,(H,15,19)(H,17,18). The maximum atomic E-state index is 12.0. The van der Waals surface area contributed by atoms with Gasteiger partial charge in [0, 0.05) is 26.1 Å². The quantitative estimate of drug-likeness (QED) is 0.774. The number of carboxylic acid groups (broad SMARTS) is 1. The molecule has 1 unspecified atom stereocenters. The summed E-state index contributed by atoms with van der Waals surface area (Å²) < 4.78 is 0. The summed E-state index contributed by atoms with van der Waals surface area (Å²) in [6.45, 7) is 4.22. The van der Waals surface area contributed by atoms with E-state index in [9.17, 15) is 9.59 Å². The predicted molar refractivity (Wildman–Crippen MR) is 71.9 cm³/mol. The molecule has 0 aromatic carbocycles. The molecule has 2 rings (SSSR count). The van der Waals surface area contributed by atoms with Crippen LogP contribution in [0.5, 0.6) is 0 Å². The summed E-state index contributed by atoms with van der Waals surface area (Å²) in [5, 5.41) is 11.8. The van der Waals surface area contributed by atoms with E-state index in [-0.39, 0.29) is 18.4 Å². The van der Waals surface area contributed by atoms with Crippen LogP contribution in [0.1, 0.15) is 45.4 Å². The summed E-state index contributed by atoms with van der Waals surface area (Å²) in [6, 6.07) is -0.0183. The average Bonchev–Trinajstić information content (AvgIpc) is 2.96. The molecule has 0 aromatic rings. The Kier molecular flexibility index (Phi) is 4.32. The van der Waals surface area contributed by atoms with Crippen molar-refractivity contribution in [3.8, 4) is 0 Å². The number of nitrogens with zero attached hydrogens (tertiary/aromatic N) is 1. The molecule has 5 heteroatoms. The second-order valence-corrected chi connectivity index (χ2v) is 6.11. The molecule has 5 nitrogen and oxygen atoms in total. The van der Waals surface area contributed by atoms with Gasteiger partial charge in [0.1, 0.15) is 0 Å². The van der Waals surface area contributed by atoms with Crippen LogP contribution in [0.3, 0.4) is 0 Å². The minimum absolute atomic E-state index is 0.0183. The summed E-state index contributed by atoms with van der Waals surface area (Å²) >= 11 is 0. The van der Waals surface area contributed by atoms with E-state index in [0.717, 1.165) is 13.0 Å². The van der Waals surface area contributed by atoms with Gasteiger partial charge in [-0.15, -0.1) is 0 Å². The highest BCUT2D eigenvalue weighted by molar-refractivity contribution is 5.75. The third kappa shape index (κ3) is 3.85. The third-order valence-electron chi connectivity index (χ3n) is 4.39. The van der Waals surface area contributed by atoms with Gasteiger partial charge in [-0.2, -0.15) is 0 Å². The highest BCUT2D eigenvalue weighted by atomic mass is 16.4. The summed E-state index contributed by atoms with van der Waals surface area (Å²) in [6.07, 6.45) is 5.78. The molecule has 1 saturated carbocycles. The first kappa shape index (κ1) is 14.2. The molecule has 1 atom stereocenters. The van der Waals surface area contributed by atoms with Crippen molar-refractivity contribution >= 4 is 12.0 Å². The summed E-state index contributed by atoms with van der Waals surface area (Å²) in [5.41, 5.74) is 0.366. The van der Waals surface area contributed by atoms with Crippen molar-refractivity contribution < 1.29 is 14.7 Å². The van der Waals surface area contributed by atoms with Crippen molar-refractivity contribution in [2.75, 3.05) is 19.6 Å². The van der Waals surface area contributed by atoms with Crippen LogP contribution in [0.4, 0.5) is 4.79 Å². The normalized spacial score (nSPS) is 24.3. The molecule has 1 aliphatic carbocycles. The Morgan fingerprint density at radius 3 is 2.74 bits per heavy atom. The fraction of sp³-hybridized carbons (Fsp3) is 0.857. The summed E-state index contributed by atoms with van der Waals surface area (Å²) in [4.78, 5) is 24.4. The summed E-state index contributed by atoms with van der Waals surface area (Å²) in [7, 11) is 0. The van der Waals surface area contributed by atoms with Crippen molar-refractivity contribution in [1.29, 1.82) is 0 Å². The van der Waals surface area contributed by atoms with Crippen molar-refractivity contribution in [2.45, 2.75) is 45.4 Å². The van der Waals surface area contributed by atoms with Crippen LogP contribution in [0.15, 0.2) is 0 Å². The highest BCUT2D eigenvalue weighted by Gasteiger charge is 2.42. The molecule has 0 aromatic heterocycles. The Labute approximate surface area is 114 Å². The first-order valence-corrected chi connectivity index (χ1v) is 7.29. The zero-order valence-corrected chi connectivity index (χ0v) is 11.7. The first-order valence-electron chi connectivity index (χ1n) is 7.29. The number of nitrogens with one attached hydrogen (secondary N) is 1. The lowest BCUT2D eigenvalue weighted by Crippen LogP contribution is -2.41. The van der Waals surface area contributed by atoms with Gasteiger partial charge in [-0.25, -0.2) is 4.79 Å². The summed E-state index contributed by atoms with van der Waals surface area (Å²) in [5.74, 6) is -0.652. The fourth-order valence-electron chi connectivity index (χ4n) is 3.03. The minimum atomic E-state index is -0.771. The maximum Gasteiger partial charge on any atom is 0.317 e. The minimum Gasteiger partial charge on any atom is -0.481 e. The van der Waals surface area contributed by atoms with Crippen molar-refractivity contribution in [3.05, 3.63) is 0 Å². The van der Waals surface area contributed by atoms with Gasteiger partial charge < -0.3 is 15.3 Å². The molecule has 0 spiro atoms. The van der Waals surface area contributed by atoms with Crippen LogP contribution in [0.25, 0.3) is 0 Å². The van der Waals surface area contributed by atoms with E-state index in [1.165, 1.54) is 25.7 Å². The lowest BCUT2D eigenvalue weighted by atomic mass is 10.0. The molecule has 2 N–H and O–H groups in total. The predicted octanol–water partition coefficient (Wildman–Crippen LogP) is 2.07. The van der Waals surface area contributed by atoms with Crippen LogP contribution in [0, 0.1) is 11.3 Å². The van der Waals surface area contributed by atoms with Gasteiger partial charge in [0.05, 0.1) is 0 Å². The Bertz CT molecular complexity index is 353. The molecule has 1 aliphatic heterocycles. The van der Waals surface area contributed by atoms with Crippen LogP contribution >= 0.6 is 0 Å². The van der Waals surface area contributed by atoms with E-state index in [2.05, 4.69) is 12.2 Å². The lowest BCUT2D eigenvalue weighted by molar-refractivity contribution is -0.138. The number of hydrogen-bond donors (Lipinski definition) is 2. The van der Waals surface area contributed by atoms with Gasteiger partial charge in [-0.1, -0.05) is 13.3 Å². The molecule has 19 heavy (non-hydrogen) atoms. The smallest absolute Gasteiger partial charge is 0.317 e. The SMILES string of the molecule is CCCC1(CNC(=O)N2CCC(CC(=O)O)C2)CC1. The monoisotopic (exact) mass is 268 g/mol. The molecule has 108 valence electrons. The van der Waals surface area contributed by atoms with Gasteiger partial charge in [0.25, 0.3) is 0 Å². The second kappa shape index (κ2) is 5.80. The Morgan fingerprint density at radius 1 is 1.42 bits per heavy atom.